The summed E-state index contributed by atoms with van der Waals surface area (Å²) in [6.07, 6.45) is -0.384. The number of aliphatic hydroxyl groups excluding tert-OH is 1. The molecule has 9 N–H and O–H groups in total. The molecule has 0 aliphatic heterocycles. The van der Waals surface area contributed by atoms with Gasteiger partial charge in [0, 0.05) is 6.42 Å². The maximum atomic E-state index is 13.0. The molecule has 0 saturated carbocycles. The predicted molar refractivity (Wildman–Crippen MR) is 117 cm³/mol. The Labute approximate surface area is 191 Å². The second-order valence-electron chi connectivity index (χ2n) is 7.84. The van der Waals surface area contributed by atoms with E-state index < -0.39 is 72.7 Å². The van der Waals surface area contributed by atoms with E-state index in [2.05, 4.69) is 16.0 Å². The quantitative estimate of drug-likeness (QED) is 0.167. The first-order valence-electron chi connectivity index (χ1n) is 10.3. The van der Waals surface area contributed by atoms with Crippen molar-refractivity contribution >= 4 is 29.6 Å². The summed E-state index contributed by atoms with van der Waals surface area (Å²) in [5.74, 6) is -4.94. The van der Waals surface area contributed by atoms with Crippen molar-refractivity contribution in [2.45, 2.75) is 50.9 Å². The molecule has 0 aromatic heterocycles. The largest absolute Gasteiger partial charge is 0.480 e. The Morgan fingerprint density at radius 2 is 1.48 bits per heavy atom. The van der Waals surface area contributed by atoms with E-state index in [-0.39, 0.29) is 6.42 Å². The molecule has 1 aromatic rings. The Balaban J connectivity index is 3.04. The van der Waals surface area contributed by atoms with Crippen molar-refractivity contribution in [3.63, 3.8) is 0 Å². The number of hydrogen-bond acceptors (Lipinski definition) is 7. The number of aliphatic hydroxyl groups is 1. The van der Waals surface area contributed by atoms with Gasteiger partial charge in [0.1, 0.15) is 18.1 Å². The van der Waals surface area contributed by atoms with Crippen LogP contribution in [0.15, 0.2) is 30.3 Å². The van der Waals surface area contributed by atoms with Crippen molar-refractivity contribution in [1.82, 2.24) is 16.0 Å². The summed E-state index contributed by atoms with van der Waals surface area (Å²) in [7, 11) is 0. The monoisotopic (exact) mass is 465 g/mol. The standard InChI is InChI=1S/C21H31N5O7/c1-11(2)17(26-18(29)13(22)9-16(23)28)20(31)24-14(8-12-6-4-3-5-7-12)19(30)25-15(10-27)21(32)33/h3-7,11,13-15,17,27H,8-10,22H2,1-2H3,(H2,23,28)(H,24,31)(H,25,30)(H,26,29)(H,32,33). The van der Waals surface area contributed by atoms with Crippen LogP contribution in [0.5, 0.6) is 0 Å². The van der Waals surface area contributed by atoms with Crippen molar-refractivity contribution in [1.29, 1.82) is 0 Å². The number of nitrogens with one attached hydrogen (secondary N) is 3. The lowest BCUT2D eigenvalue weighted by molar-refractivity contribution is -0.143. The Bertz CT molecular complexity index is 847. The molecule has 1 aromatic carbocycles. The van der Waals surface area contributed by atoms with Crippen LogP contribution in [0.4, 0.5) is 0 Å². The minimum Gasteiger partial charge on any atom is -0.480 e. The normalized spacial score (nSPS) is 14.5. The summed E-state index contributed by atoms with van der Waals surface area (Å²) in [6, 6.07) is 3.56. The smallest absolute Gasteiger partial charge is 0.328 e. The lowest BCUT2D eigenvalue weighted by Crippen LogP contribution is -2.59. The fourth-order valence-electron chi connectivity index (χ4n) is 2.88. The second kappa shape index (κ2) is 13.1. The molecule has 182 valence electrons. The molecular weight excluding hydrogens is 434 g/mol. The van der Waals surface area contributed by atoms with Crippen LogP contribution in [0.3, 0.4) is 0 Å². The average molecular weight is 466 g/mol. The maximum absolute atomic E-state index is 13.0. The zero-order chi connectivity index (χ0) is 25.1. The molecule has 0 radical (unpaired) electrons. The van der Waals surface area contributed by atoms with E-state index >= 15 is 0 Å². The third kappa shape index (κ3) is 9.25. The highest BCUT2D eigenvalue weighted by molar-refractivity contribution is 5.95. The van der Waals surface area contributed by atoms with Gasteiger partial charge in [-0.25, -0.2) is 4.79 Å². The first kappa shape index (κ1) is 27.5. The van der Waals surface area contributed by atoms with Crippen molar-refractivity contribution in [3.05, 3.63) is 35.9 Å². The van der Waals surface area contributed by atoms with E-state index in [1.807, 2.05) is 0 Å². The molecule has 0 bridgehead atoms. The number of carbonyl (C=O) groups excluding carboxylic acids is 4. The molecule has 1 rings (SSSR count). The van der Waals surface area contributed by atoms with Gasteiger partial charge in [0.25, 0.3) is 0 Å². The fourth-order valence-corrected chi connectivity index (χ4v) is 2.88. The summed E-state index contributed by atoms with van der Waals surface area (Å²) < 4.78 is 0. The number of amides is 4. The van der Waals surface area contributed by atoms with Gasteiger partial charge in [0.05, 0.1) is 19.1 Å². The lowest BCUT2D eigenvalue weighted by atomic mass is 10.00. The minimum absolute atomic E-state index is 0.0239. The Morgan fingerprint density at radius 3 is 1.97 bits per heavy atom. The highest BCUT2D eigenvalue weighted by Crippen LogP contribution is 2.08. The molecule has 0 saturated heterocycles. The summed E-state index contributed by atoms with van der Waals surface area (Å²) in [5.41, 5.74) is 11.4. The topological polar surface area (TPSA) is 214 Å². The van der Waals surface area contributed by atoms with E-state index in [1.165, 1.54) is 0 Å². The van der Waals surface area contributed by atoms with Crippen LogP contribution in [0.1, 0.15) is 25.8 Å². The van der Waals surface area contributed by atoms with Crippen LogP contribution in [-0.4, -0.2) is 70.6 Å². The minimum atomic E-state index is -1.56. The second-order valence-corrected chi connectivity index (χ2v) is 7.84. The number of nitrogens with two attached hydrogens (primary N) is 2. The van der Waals surface area contributed by atoms with Crippen LogP contribution >= 0.6 is 0 Å². The number of carbonyl (C=O) groups is 5. The molecule has 4 unspecified atom stereocenters. The lowest BCUT2D eigenvalue weighted by Gasteiger charge is -2.26. The highest BCUT2D eigenvalue weighted by Gasteiger charge is 2.31. The molecule has 4 atom stereocenters. The van der Waals surface area contributed by atoms with Crippen molar-refractivity contribution in [3.8, 4) is 0 Å². The van der Waals surface area contributed by atoms with Gasteiger partial charge < -0.3 is 37.6 Å². The molecule has 0 spiro atoms. The Morgan fingerprint density at radius 1 is 0.909 bits per heavy atom. The van der Waals surface area contributed by atoms with Crippen molar-refractivity contribution < 1.29 is 34.2 Å². The molecule has 33 heavy (non-hydrogen) atoms. The van der Waals surface area contributed by atoms with Gasteiger partial charge in [-0.1, -0.05) is 44.2 Å². The number of hydrogen-bond donors (Lipinski definition) is 7. The van der Waals surface area contributed by atoms with E-state index in [4.69, 9.17) is 16.6 Å². The van der Waals surface area contributed by atoms with Gasteiger partial charge >= 0.3 is 5.97 Å². The number of rotatable bonds is 13. The maximum Gasteiger partial charge on any atom is 0.328 e. The van der Waals surface area contributed by atoms with Crippen molar-refractivity contribution in [2.24, 2.45) is 17.4 Å². The van der Waals surface area contributed by atoms with Gasteiger partial charge in [0.2, 0.25) is 23.6 Å². The first-order valence-corrected chi connectivity index (χ1v) is 10.3. The zero-order valence-electron chi connectivity index (χ0n) is 18.5. The van der Waals surface area contributed by atoms with Gasteiger partial charge in [-0.05, 0) is 11.5 Å². The zero-order valence-corrected chi connectivity index (χ0v) is 18.5. The molecule has 0 fully saturated rings. The first-order chi connectivity index (χ1) is 15.5. The van der Waals surface area contributed by atoms with Gasteiger partial charge in [0.15, 0.2) is 0 Å². The van der Waals surface area contributed by atoms with Gasteiger partial charge in [-0.3, -0.25) is 19.2 Å². The van der Waals surface area contributed by atoms with Gasteiger partial charge in [-0.2, -0.15) is 0 Å². The Hall–Kier alpha value is -3.51. The van der Waals surface area contributed by atoms with E-state index in [0.717, 1.165) is 0 Å². The molecule has 0 aliphatic rings. The molecular formula is C21H31N5O7. The van der Waals surface area contributed by atoms with Gasteiger partial charge in [-0.15, -0.1) is 0 Å². The van der Waals surface area contributed by atoms with Crippen LogP contribution in [0, 0.1) is 5.92 Å². The fraction of sp³-hybridized carbons (Fsp3) is 0.476. The van der Waals surface area contributed by atoms with E-state index in [9.17, 15) is 29.1 Å². The Kier molecular flexibility index (Phi) is 11.0. The van der Waals surface area contributed by atoms with Crippen molar-refractivity contribution in [2.75, 3.05) is 6.61 Å². The van der Waals surface area contributed by atoms with Crippen LogP contribution in [0.2, 0.25) is 0 Å². The molecule has 0 heterocycles. The summed E-state index contributed by atoms with van der Waals surface area (Å²) in [5, 5.41) is 25.5. The average Bonchev–Trinajstić information content (AvgIpc) is 2.74. The molecule has 12 nitrogen and oxygen atoms in total. The van der Waals surface area contributed by atoms with E-state index in [0.29, 0.717) is 5.56 Å². The third-order valence-corrected chi connectivity index (χ3v) is 4.72. The highest BCUT2D eigenvalue weighted by atomic mass is 16.4. The van der Waals surface area contributed by atoms with Crippen LogP contribution in [0.25, 0.3) is 0 Å². The number of carboxylic acids is 1. The predicted octanol–water partition coefficient (Wildman–Crippen LogP) is -2.38. The van der Waals surface area contributed by atoms with E-state index in [1.54, 1.807) is 44.2 Å². The number of aliphatic carboxylic acids is 1. The molecule has 12 heteroatoms. The van der Waals surface area contributed by atoms with Crippen LogP contribution in [-0.2, 0) is 30.4 Å². The summed E-state index contributed by atoms with van der Waals surface area (Å²) >= 11 is 0. The number of benzene rings is 1. The summed E-state index contributed by atoms with van der Waals surface area (Å²) in [6.45, 7) is 2.47. The van der Waals surface area contributed by atoms with Crippen LogP contribution < -0.4 is 27.4 Å². The third-order valence-electron chi connectivity index (χ3n) is 4.72. The molecule has 4 amide bonds. The number of primary amides is 1. The SMILES string of the molecule is CC(C)C(NC(=O)C(N)CC(N)=O)C(=O)NC(Cc1ccccc1)C(=O)NC(CO)C(=O)O. The number of carboxylic acid groups (broad SMARTS) is 1. The molecule has 0 aliphatic carbocycles. The summed E-state index contributed by atoms with van der Waals surface area (Å²) in [4.78, 5) is 60.1.